The highest BCUT2D eigenvalue weighted by atomic mass is 35.5. The van der Waals surface area contributed by atoms with Gasteiger partial charge >= 0.3 is 0 Å². The van der Waals surface area contributed by atoms with Crippen molar-refractivity contribution in [3.63, 3.8) is 0 Å². The van der Waals surface area contributed by atoms with Crippen molar-refractivity contribution < 1.29 is 4.79 Å². The molecule has 0 spiro atoms. The lowest BCUT2D eigenvalue weighted by Crippen LogP contribution is -2.44. The first-order chi connectivity index (χ1) is 14.1. The van der Waals surface area contributed by atoms with Crippen molar-refractivity contribution in [2.45, 2.75) is 19.3 Å². The van der Waals surface area contributed by atoms with Crippen molar-refractivity contribution in [2.75, 3.05) is 43.4 Å². The molecule has 1 amide bonds. The second-order valence-corrected chi connectivity index (χ2v) is 8.98. The minimum Gasteiger partial charge on any atom is -0.367 e. The van der Waals surface area contributed by atoms with Gasteiger partial charge in [0.25, 0.3) is 0 Å². The van der Waals surface area contributed by atoms with E-state index in [1.165, 1.54) is 4.70 Å². The van der Waals surface area contributed by atoms with Crippen molar-refractivity contribution in [1.29, 1.82) is 0 Å². The second-order valence-electron chi connectivity index (χ2n) is 7.43. The van der Waals surface area contributed by atoms with Crippen LogP contribution in [0.3, 0.4) is 0 Å². The highest BCUT2D eigenvalue weighted by Crippen LogP contribution is 2.30. The number of amides is 1. The van der Waals surface area contributed by atoms with Gasteiger partial charge in [0, 0.05) is 37.6 Å². The van der Waals surface area contributed by atoms with Gasteiger partial charge in [-0.2, -0.15) is 0 Å². The molecule has 0 unspecified atom stereocenters. The van der Waals surface area contributed by atoms with E-state index >= 15 is 0 Å². The maximum absolute atomic E-state index is 12.6. The molecule has 1 N–H and O–H groups in total. The number of carbonyl (C=O) groups excluding carboxylic acids is 1. The zero-order valence-electron chi connectivity index (χ0n) is 16.5. The van der Waals surface area contributed by atoms with E-state index in [4.69, 9.17) is 11.6 Å². The number of hydrogen-bond acceptors (Lipinski definition) is 5. The maximum atomic E-state index is 12.6. The summed E-state index contributed by atoms with van der Waals surface area (Å²) in [6, 6.07) is 13.9. The maximum Gasteiger partial charge on any atom is 0.224 e. The van der Waals surface area contributed by atoms with E-state index in [9.17, 15) is 4.79 Å². The van der Waals surface area contributed by atoms with Crippen molar-refractivity contribution >= 4 is 50.4 Å². The number of thiazole rings is 1. The van der Waals surface area contributed by atoms with Crippen molar-refractivity contribution in [3.05, 3.63) is 52.5 Å². The SMILES string of the molecule is CN1CCN(c2ccc(Cl)cc2NC(=O)CCCc2nc3ccccc3s2)CC1. The van der Waals surface area contributed by atoms with E-state index in [0.29, 0.717) is 11.4 Å². The Labute approximate surface area is 180 Å². The van der Waals surface area contributed by atoms with Gasteiger partial charge < -0.3 is 15.1 Å². The summed E-state index contributed by atoms with van der Waals surface area (Å²) in [5.74, 6) is 0.0174. The first-order valence-electron chi connectivity index (χ1n) is 9.96. The zero-order chi connectivity index (χ0) is 20.2. The van der Waals surface area contributed by atoms with Gasteiger partial charge in [0.1, 0.15) is 0 Å². The number of fused-ring (bicyclic) bond motifs is 1. The predicted molar refractivity (Wildman–Crippen MR) is 122 cm³/mol. The van der Waals surface area contributed by atoms with Gasteiger partial charge in [0.05, 0.1) is 26.6 Å². The van der Waals surface area contributed by atoms with Gasteiger partial charge in [-0.15, -0.1) is 11.3 Å². The largest absolute Gasteiger partial charge is 0.367 e. The molecule has 1 saturated heterocycles. The third-order valence-electron chi connectivity index (χ3n) is 5.21. The number of benzene rings is 2. The molecule has 0 atom stereocenters. The number of carbonyl (C=O) groups is 1. The number of piperazine rings is 1. The van der Waals surface area contributed by atoms with Gasteiger partial charge in [0.15, 0.2) is 0 Å². The average molecular weight is 429 g/mol. The minimum absolute atomic E-state index is 0.0174. The van der Waals surface area contributed by atoms with Gasteiger partial charge in [-0.05, 0) is 50.2 Å². The summed E-state index contributed by atoms with van der Waals surface area (Å²) < 4.78 is 1.20. The summed E-state index contributed by atoms with van der Waals surface area (Å²) in [6.45, 7) is 3.91. The van der Waals surface area contributed by atoms with Crippen LogP contribution in [-0.2, 0) is 11.2 Å². The van der Waals surface area contributed by atoms with Gasteiger partial charge in [-0.25, -0.2) is 4.98 Å². The van der Waals surface area contributed by atoms with Crippen LogP contribution in [0.15, 0.2) is 42.5 Å². The Kier molecular flexibility index (Phi) is 6.33. The molecule has 5 nitrogen and oxygen atoms in total. The lowest BCUT2D eigenvalue weighted by molar-refractivity contribution is -0.116. The Bertz CT molecular complexity index is 964. The van der Waals surface area contributed by atoms with Crippen LogP contribution in [-0.4, -0.2) is 49.0 Å². The molecular weight excluding hydrogens is 404 g/mol. The average Bonchev–Trinajstić information content (AvgIpc) is 3.12. The monoisotopic (exact) mass is 428 g/mol. The fraction of sp³-hybridized carbons (Fsp3) is 0.364. The summed E-state index contributed by atoms with van der Waals surface area (Å²) in [5.41, 5.74) is 2.88. The number of hydrogen-bond donors (Lipinski definition) is 1. The zero-order valence-corrected chi connectivity index (χ0v) is 18.1. The van der Waals surface area contributed by atoms with E-state index in [-0.39, 0.29) is 5.91 Å². The molecule has 152 valence electrons. The Morgan fingerprint density at radius 2 is 1.97 bits per heavy atom. The number of likely N-dealkylation sites (N-methyl/N-ethyl adjacent to an activating group) is 1. The Morgan fingerprint density at radius 3 is 2.76 bits per heavy atom. The second kappa shape index (κ2) is 9.11. The summed E-state index contributed by atoms with van der Waals surface area (Å²) in [6.07, 6.45) is 2.05. The predicted octanol–water partition coefficient (Wildman–Crippen LogP) is 4.66. The topological polar surface area (TPSA) is 48.5 Å². The van der Waals surface area contributed by atoms with E-state index in [2.05, 4.69) is 33.2 Å². The van der Waals surface area contributed by atoms with Crippen LogP contribution < -0.4 is 10.2 Å². The van der Waals surface area contributed by atoms with Crippen LogP contribution in [0.2, 0.25) is 5.02 Å². The molecule has 29 heavy (non-hydrogen) atoms. The lowest BCUT2D eigenvalue weighted by Gasteiger charge is -2.35. The Hall–Kier alpha value is -2.15. The number of anilines is 2. The van der Waals surface area contributed by atoms with Gasteiger partial charge in [-0.1, -0.05) is 23.7 Å². The first kappa shape index (κ1) is 20.1. The van der Waals surface area contributed by atoms with Crippen LogP contribution in [0.1, 0.15) is 17.8 Å². The molecule has 2 heterocycles. The molecule has 4 rings (SSSR count). The summed E-state index contributed by atoms with van der Waals surface area (Å²) >= 11 is 7.91. The molecule has 0 radical (unpaired) electrons. The number of halogens is 1. The van der Waals surface area contributed by atoms with Crippen LogP contribution in [0.4, 0.5) is 11.4 Å². The molecule has 1 aliphatic rings. The molecular formula is C22H25ClN4OS. The molecule has 7 heteroatoms. The molecule has 2 aromatic carbocycles. The van der Waals surface area contributed by atoms with E-state index in [0.717, 1.165) is 60.9 Å². The van der Waals surface area contributed by atoms with Crippen LogP contribution in [0.5, 0.6) is 0 Å². The third-order valence-corrected chi connectivity index (χ3v) is 6.54. The number of rotatable bonds is 6. The van der Waals surface area contributed by atoms with Crippen LogP contribution in [0, 0.1) is 0 Å². The third kappa shape index (κ3) is 5.07. The standard InChI is InChI=1S/C22H25ClN4OS/c1-26-11-13-27(14-12-26)19-10-9-16(23)15-18(19)24-21(28)7-4-8-22-25-17-5-2-3-6-20(17)29-22/h2-3,5-6,9-10,15H,4,7-8,11-14H2,1H3,(H,24,28). The number of nitrogens with one attached hydrogen (secondary N) is 1. The van der Waals surface area contributed by atoms with E-state index in [1.807, 2.05) is 36.4 Å². The van der Waals surface area contributed by atoms with Crippen molar-refractivity contribution in [1.82, 2.24) is 9.88 Å². The van der Waals surface area contributed by atoms with E-state index in [1.54, 1.807) is 11.3 Å². The van der Waals surface area contributed by atoms with E-state index < -0.39 is 0 Å². The molecule has 1 aromatic heterocycles. The van der Waals surface area contributed by atoms with Gasteiger partial charge in [-0.3, -0.25) is 4.79 Å². The van der Waals surface area contributed by atoms with Gasteiger partial charge in [0.2, 0.25) is 5.91 Å². The van der Waals surface area contributed by atoms with Crippen molar-refractivity contribution in [3.8, 4) is 0 Å². The fourth-order valence-electron chi connectivity index (χ4n) is 3.57. The minimum atomic E-state index is 0.0174. The summed E-state index contributed by atoms with van der Waals surface area (Å²) in [7, 11) is 2.13. The number of aromatic nitrogens is 1. The smallest absolute Gasteiger partial charge is 0.224 e. The highest BCUT2D eigenvalue weighted by molar-refractivity contribution is 7.18. The first-order valence-corrected chi connectivity index (χ1v) is 11.2. The normalized spacial score (nSPS) is 15.0. The number of aryl methyl sites for hydroxylation is 1. The van der Waals surface area contributed by atoms with Crippen LogP contribution >= 0.6 is 22.9 Å². The Balaban J connectivity index is 1.35. The molecule has 0 aliphatic carbocycles. The number of para-hydroxylation sites is 1. The molecule has 1 fully saturated rings. The molecule has 3 aromatic rings. The number of nitrogens with zero attached hydrogens (tertiary/aromatic N) is 3. The van der Waals surface area contributed by atoms with Crippen molar-refractivity contribution in [2.24, 2.45) is 0 Å². The lowest BCUT2D eigenvalue weighted by atomic mass is 10.2. The van der Waals surface area contributed by atoms with Crippen LogP contribution in [0.25, 0.3) is 10.2 Å². The molecule has 1 aliphatic heterocycles. The Morgan fingerprint density at radius 1 is 1.17 bits per heavy atom. The fourth-order valence-corrected chi connectivity index (χ4v) is 4.75. The molecule has 0 bridgehead atoms. The molecule has 0 saturated carbocycles. The summed E-state index contributed by atoms with van der Waals surface area (Å²) in [5, 5.41) is 4.79. The summed E-state index contributed by atoms with van der Waals surface area (Å²) in [4.78, 5) is 21.8. The quantitative estimate of drug-likeness (QED) is 0.620. The highest BCUT2D eigenvalue weighted by Gasteiger charge is 2.18.